The zero-order chi connectivity index (χ0) is 18.1. The predicted octanol–water partition coefficient (Wildman–Crippen LogP) is 4.85. The molecule has 0 radical (unpaired) electrons. The third-order valence-electron chi connectivity index (χ3n) is 4.29. The summed E-state index contributed by atoms with van der Waals surface area (Å²) in [5.74, 6) is 0.634. The highest BCUT2D eigenvalue weighted by molar-refractivity contribution is 9.10. The van der Waals surface area contributed by atoms with Crippen molar-refractivity contribution in [1.29, 1.82) is 0 Å². The largest absolute Gasteiger partial charge is 0.277 e. The first-order chi connectivity index (χ1) is 12.6. The van der Waals surface area contributed by atoms with E-state index in [0.717, 1.165) is 21.3 Å². The van der Waals surface area contributed by atoms with Gasteiger partial charge in [0, 0.05) is 23.3 Å². The van der Waals surface area contributed by atoms with E-state index in [1.165, 1.54) is 0 Å². The molecule has 1 amide bonds. The molecule has 4 rings (SSSR count). The summed E-state index contributed by atoms with van der Waals surface area (Å²) in [6, 6.07) is 21.4. The smallest absolute Gasteiger partial charge is 0.267 e. The van der Waals surface area contributed by atoms with Gasteiger partial charge >= 0.3 is 0 Å². The summed E-state index contributed by atoms with van der Waals surface area (Å²) in [6.45, 7) is 0. The number of nitrogens with zero attached hydrogens (tertiary/aromatic N) is 3. The number of halogens is 1. The minimum atomic E-state index is -0.0668. The number of amides is 1. The second-order valence-electron chi connectivity index (χ2n) is 5.96. The average molecular weight is 406 g/mol. The molecule has 1 aromatic heterocycles. The number of anilines is 1. The second kappa shape index (κ2) is 6.77. The third-order valence-corrected chi connectivity index (χ3v) is 4.79. The van der Waals surface area contributed by atoms with E-state index < -0.39 is 0 Å². The second-order valence-corrected chi connectivity index (χ2v) is 6.87. The summed E-state index contributed by atoms with van der Waals surface area (Å²) in [5.41, 5.74) is 3.43. The molecular weight excluding hydrogens is 390 g/mol. The Balaban J connectivity index is 1.87. The first kappa shape index (κ1) is 16.5. The van der Waals surface area contributed by atoms with Crippen LogP contribution in [0.5, 0.6) is 0 Å². The molecule has 1 aliphatic rings. The fourth-order valence-electron chi connectivity index (χ4n) is 3.04. The summed E-state index contributed by atoms with van der Waals surface area (Å²) in [6.07, 6.45) is 3.74. The van der Waals surface area contributed by atoms with E-state index in [-0.39, 0.29) is 5.91 Å². The van der Waals surface area contributed by atoms with E-state index in [2.05, 4.69) is 20.9 Å². The molecule has 2 aromatic carbocycles. The van der Waals surface area contributed by atoms with Crippen LogP contribution in [0.25, 0.3) is 11.8 Å². The van der Waals surface area contributed by atoms with Crippen molar-refractivity contribution < 1.29 is 4.79 Å². The third kappa shape index (κ3) is 2.91. The van der Waals surface area contributed by atoms with Gasteiger partial charge in [-0.05, 0) is 42.0 Å². The van der Waals surface area contributed by atoms with E-state index in [1.54, 1.807) is 16.2 Å². The molecule has 5 heteroatoms. The van der Waals surface area contributed by atoms with E-state index in [4.69, 9.17) is 0 Å². The molecule has 128 valence electrons. The van der Waals surface area contributed by atoms with Crippen molar-refractivity contribution in [3.8, 4) is 0 Å². The lowest BCUT2D eigenvalue weighted by molar-refractivity contribution is 0.0844. The topological polar surface area (TPSA) is 36.4 Å². The Hall–Kier alpha value is -2.92. The van der Waals surface area contributed by atoms with Gasteiger partial charge < -0.3 is 0 Å². The molecular formula is C21H16BrN3O. The quantitative estimate of drug-likeness (QED) is 0.624. The molecule has 0 aliphatic carbocycles. The maximum Gasteiger partial charge on any atom is 0.277 e. The first-order valence-corrected chi connectivity index (χ1v) is 9.00. The van der Waals surface area contributed by atoms with E-state index in [1.807, 2.05) is 79.9 Å². The molecule has 2 heterocycles. The van der Waals surface area contributed by atoms with Crippen LogP contribution in [0.2, 0.25) is 0 Å². The number of pyridine rings is 1. The number of rotatable bonds is 3. The molecule has 4 nitrogen and oxygen atoms in total. The van der Waals surface area contributed by atoms with Crippen molar-refractivity contribution >= 4 is 39.4 Å². The van der Waals surface area contributed by atoms with Crippen LogP contribution in [-0.4, -0.2) is 22.9 Å². The van der Waals surface area contributed by atoms with Gasteiger partial charge in [-0.25, -0.2) is 9.99 Å². The number of hydrazine groups is 1. The highest BCUT2D eigenvalue weighted by atomic mass is 79.9. The fourth-order valence-corrected chi connectivity index (χ4v) is 3.41. The first-order valence-electron chi connectivity index (χ1n) is 8.21. The van der Waals surface area contributed by atoms with Crippen molar-refractivity contribution in [2.24, 2.45) is 0 Å². The van der Waals surface area contributed by atoms with Gasteiger partial charge in [-0.2, -0.15) is 0 Å². The predicted molar refractivity (Wildman–Crippen MR) is 107 cm³/mol. The van der Waals surface area contributed by atoms with Gasteiger partial charge in [0.2, 0.25) is 0 Å². The monoisotopic (exact) mass is 405 g/mol. The Morgan fingerprint density at radius 1 is 1.00 bits per heavy atom. The van der Waals surface area contributed by atoms with E-state index in [0.29, 0.717) is 11.4 Å². The number of benzene rings is 2. The summed E-state index contributed by atoms with van der Waals surface area (Å²) >= 11 is 3.52. The lowest BCUT2D eigenvalue weighted by atomic mass is 10.1. The number of hydrogen-bond donors (Lipinski definition) is 0. The Kier molecular flexibility index (Phi) is 4.31. The molecule has 0 saturated carbocycles. The van der Waals surface area contributed by atoms with Crippen molar-refractivity contribution in [2.45, 2.75) is 0 Å². The number of carbonyl (C=O) groups is 1. The van der Waals surface area contributed by atoms with Crippen molar-refractivity contribution in [2.75, 3.05) is 12.1 Å². The van der Waals surface area contributed by atoms with Crippen molar-refractivity contribution in [3.05, 3.63) is 94.1 Å². The minimum Gasteiger partial charge on any atom is -0.267 e. The number of aromatic nitrogens is 1. The minimum absolute atomic E-state index is 0.0668. The van der Waals surface area contributed by atoms with Crippen LogP contribution in [0, 0.1) is 0 Å². The lowest BCUT2D eigenvalue weighted by Crippen LogP contribution is -2.39. The van der Waals surface area contributed by atoms with Gasteiger partial charge in [0.1, 0.15) is 5.82 Å². The molecule has 0 fully saturated rings. The molecule has 0 bridgehead atoms. The summed E-state index contributed by atoms with van der Waals surface area (Å²) in [7, 11) is 1.85. The van der Waals surface area contributed by atoms with E-state index in [9.17, 15) is 4.79 Å². The number of fused-ring (bicyclic) bond motifs is 1. The van der Waals surface area contributed by atoms with Gasteiger partial charge in [-0.1, -0.05) is 52.3 Å². The zero-order valence-electron chi connectivity index (χ0n) is 14.1. The van der Waals surface area contributed by atoms with Crippen molar-refractivity contribution in [3.63, 3.8) is 0 Å². The lowest BCUT2D eigenvalue weighted by Gasteiger charge is -2.30. The molecule has 3 aromatic rings. The number of hydrogen-bond acceptors (Lipinski definition) is 3. The Labute approximate surface area is 160 Å². The van der Waals surface area contributed by atoms with Crippen LogP contribution in [0.15, 0.2) is 77.4 Å². The normalized spacial score (nSPS) is 14.6. The maximum absolute atomic E-state index is 13.1. The highest BCUT2D eigenvalue weighted by Crippen LogP contribution is 2.37. The Morgan fingerprint density at radius 2 is 1.77 bits per heavy atom. The average Bonchev–Trinajstić information content (AvgIpc) is 2.94. The van der Waals surface area contributed by atoms with Crippen LogP contribution >= 0.6 is 15.9 Å². The van der Waals surface area contributed by atoms with Crippen LogP contribution in [0.3, 0.4) is 0 Å². The standard InChI is InChI=1S/C21H16BrN3O/c1-24(20-9-5-6-12-23-20)25-19(13-15-7-3-2-4-8-15)18-14-16(22)10-11-17(18)21(25)26/h2-14H,1H3. The van der Waals surface area contributed by atoms with Gasteiger partial charge in [-0.15, -0.1) is 0 Å². The maximum atomic E-state index is 13.1. The van der Waals surface area contributed by atoms with Gasteiger partial charge in [0.25, 0.3) is 5.91 Å². The van der Waals surface area contributed by atoms with Gasteiger partial charge in [-0.3, -0.25) is 9.80 Å². The molecule has 0 atom stereocenters. The molecule has 1 aliphatic heterocycles. The van der Waals surface area contributed by atoms with Gasteiger partial charge in [0.15, 0.2) is 0 Å². The molecule has 0 spiro atoms. The van der Waals surface area contributed by atoms with Crippen LogP contribution < -0.4 is 5.01 Å². The SMILES string of the molecule is CN(c1ccccn1)N1C(=O)c2ccc(Br)cc2C1=Cc1ccccc1. The fraction of sp³-hybridized carbons (Fsp3) is 0.0476. The van der Waals surface area contributed by atoms with Crippen molar-refractivity contribution in [1.82, 2.24) is 9.99 Å². The Bertz CT molecular complexity index is 987. The molecule has 0 unspecified atom stereocenters. The molecule has 0 N–H and O–H groups in total. The van der Waals surface area contributed by atoms with Crippen LogP contribution in [-0.2, 0) is 0 Å². The zero-order valence-corrected chi connectivity index (χ0v) is 15.7. The molecule has 0 saturated heterocycles. The van der Waals surface area contributed by atoms with E-state index >= 15 is 0 Å². The van der Waals surface area contributed by atoms with Crippen LogP contribution in [0.4, 0.5) is 5.82 Å². The summed E-state index contributed by atoms with van der Waals surface area (Å²) in [5, 5.41) is 3.46. The highest BCUT2D eigenvalue weighted by Gasteiger charge is 2.35. The van der Waals surface area contributed by atoms with Gasteiger partial charge in [0.05, 0.1) is 11.3 Å². The number of carbonyl (C=O) groups excluding carboxylic acids is 1. The summed E-state index contributed by atoms with van der Waals surface area (Å²) < 4.78 is 0.936. The van der Waals surface area contributed by atoms with Crippen LogP contribution in [0.1, 0.15) is 21.5 Å². The summed E-state index contributed by atoms with van der Waals surface area (Å²) in [4.78, 5) is 17.5. The Morgan fingerprint density at radius 3 is 2.50 bits per heavy atom. The molecule has 26 heavy (non-hydrogen) atoms.